The van der Waals surface area contributed by atoms with Gasteiger partial charge in [0.1, 0.15) is 0 Å². The first-order valence-corrected chi connectivity index (χ1v) is 7.26. The number of hydrogen-bond donors (Lipinski definition) is 2. The van der Waals surface area contributed by atoms with Crippen molar-refractivity contribution in [3.8, 4) is 6.07 Å². The summed E-state index contributed by atoms with van der Waals surface area (Å²) in [5.41, 5.74) is 2.17. The maximum Gasteiger partial charge on any atom is 0.241 e. The van der Waals surface area contributed by atoms with Gasteiger partial charge < -0.3 is 10.6 Å². The molecule has 0 saturated heterocycles. The molecule has 0 aliphatic heterocycles. The van der Waals surface area contributed by atoms with E-state index >= 15 is 0 Å². The average molecular weight is 314 g/mol. The lowest BCUT2D eigenvalue weighted by atomic mass is 10.2. The molecule has 0 heterocycles. The Balaban J connectivity index is 1.89. The summed E-state index contributed by atoms with van der Waals surface area (Å²) in [4.78, 5) is 12.1. The van der Waals surface area contributed by atoms with Crippen molar-refractivity contribution in [3.05, 3.63) is 64.7 Å². The van der Waals surface area contributed by atoms with Crippen molar-refractivity contribution in [2.45, 2.75) is 19.5 Å². The van der Waals surface area contributed by atoms with Gasteiger partial charge in [0.05, 0.1) is 17.7 Å². The number of nitrogens with zero attached hydrogens (tertiary/aromatic N) is 1. The zero-order valence-corrected chi connectivity index (χ0v) is 12.9. The number of benzene rings is 2. The van der Waals surface area contributed by atoms with E-state index in [4.69, 9.17) is 16.9 Å². The quantitative estimate of drug-likeness (QED) is 0.890. The maximum absolute atomic E-state index is 12.1. The third-order valence-electron chi connectivity index (χ3n) is 3.23. The first kappa shape index (κ1) is 16.0. The summed E-state index contributed by atoms with van der Waals surface area (Å²) >= 11 is 6.08. The van der Waals surface area contributed by atoms with Gasteiger partial charge in [-0.3, -0.25) is 4.79 Å². The number of amides is 1. The van der Waals surface area contributed by atoms with E-state index in [9.17, 15) is 4.79 Å². The monoisotopic (exact) mass is 313 g/mol. The summed E-state index contributed by atoms with van der Waals surface area (Å²) in [7, 11) is 0. The van der Waals surface area contributed by atoms with E-state index in [2.05, 4.69) is 10.6 Å². The summed E-state index contributed by atoms with van der Waals surface area (Å²) in [6, 6.07) is 15.9. The Hall–Kier alpha value is -2.35. The number of nitriles is 1. The summed E-state index contributed by atoms with van der Waals surface area (Å²) in [6.45, 7) is 2.30. The van der Waals surface area contributed by atoms with Crippen LogP contribution in [0.15, 0.2) is 48.5 Å². The molecule has 0 saturated carbocycles. The minimum atomic E-state index is -0.369. The normalized spacial score (nSPS) is 11.5. The van der Waals surface area contributed by atoms with E-state index in [1.54, 1.807) is 31.2 Å². The molecule has 2 aromatic carbocycles. The number of carbonyl (C=O) groups is 1. The molecule has 0 aromatic heterocycles. The van der Waals surface area contributed by atoms with Crippen molar-refractivity contribution in [2.24, 2.45) is 0 Å². The van der Waals surface area contributed by atoms with Crippen LogP contribution in [0.25, 0.3) is 0 Å². The molecule has 4 nitrogen and oxygen atoms in total. The minimum Gasteiger partial charge on any atom is -0.325 e. The Kier molecular flexibility index (Phi) is 5.54. The number of nitrogens with one attached hydrogen (secondary N) is 2. The molecule has 2 aromatic rings. The Morgan fingerprint density at radius 2 is 1.91 bits per heavy atom. The second-order valence-corrected chi connectivity index (χ2v) is 5.28. The molecule has 22 heavy (non-hydrogen) atoms. The number of halogens is 1. The highest BCUT2D eigenvalue weighted by Gasteiger charge is 2.12. The zero-order chi connectivity index (χ0) is 15.9. The predicted molar refractivity (Wildman–Crippen MR) is 87.5 cm³/mol. The van der Waals surface area contributed by atoms with Crippen LogP contribution >= 0.6 is 11.6 Å². The third kappa shape index (κ3) is 4.32. The molecule has 0 aliphatic rings. The van der Waals surface area contributed by atoms with Crippen LogP contribution in [-0.4, -0.2) is 11.9 Å². The molecule has 1 atom stereocenters. The fraction of sp³-hybridized carbons (Fsp3) is 0.176. The first-order chi connectivity index (χ1) is 10.6. The van der Waals surface area contributed by atoms with Gasteiger partial charge in [0.15, 0.2) is 0 Å². The van der Waals surface area contributed by atoms with E-state index in [0.29, 0.717) is 22.8 Å². The second kappa shape index (κ2) is 7.60. The first-order valence-electron chi connectivity index (χ1n) is 6.88. The van der Waals surface area contributed by atoms with Gasteiger partial charge in [0.25, 0.3) is 0 Å². The van der Waals surface area contributed by atoms with E-state index in [1.165, 1.54) is 0 Å². The number of rotatable bonds is 5. The van der Waals surface area contributed by atoms with Gasteiger partial charge >= 0.3 is 0 Å². The molecule has 0 unspecified atom stereocenters. The highest BCUT2D eigenvalue weighted by Crippen LogP contribution is 2.14. The van der Waals surface area contributed by atoms with Crippen molar-refractivity contribution in [1.29, 1.82) is 5.26 Å². The van der Waals surface area contributed by atoms with Gasteiger partial charge in [-0.2, -0.15) is 5.26 Å². The molecular weight excluding hydrogens is 298 g/mol. The highest BCUT2D eigenvalue weighted by atomic mass is 35.5. The van der Waals surface area contributed by atoms with Crippen molar-refractivity contribution in [3.63, 3.8) is 0 Å². The summed E-state index contributed by atoms with van der Waals surface area (Å²) in [5.74, 6) is -0.142. The van der Waals surface area contributed by atoms with Crippen molar-refractivity contribution in [2.75, 3.05) is 5.32 Å². The molecule has 0 radical (unpaired) electrons. The summed E-state index contributed by atoms with van der Waals surface area (Å²) in [5, 5.41) is 15.4. The number of anilines is 1. The molecule has 2 N–H and O–H groups in total. The van der Waals surface area contributed by atoms with E-state index in [0.717, 1.165) is 5.56 Å². The van der Waals surface area contributed by atoms with E-state index in [-0.39, 0.29) is 11.9 Å². The lowest BCUT2D eigenvalue weighted by molar-refractivity contribution is -0.117. The lowest BCUT2D eigenvalue weighted by Crippen LogP contribution is -2.37. The standard InChI is InChI=1S/C17H16ClN3O/c1-12(20-11-14-4-2-3-5-16(14)18)17(22)21-15-8-6-13(10-19)7-9-15/h2-9,12,20H,11H2,1H3,(H,21,22)/t12-/m0/s1. The van der Waals surface area contributed by atoms with Gasteiger partial charge in [0, 0.05) is 17.3 Å². The van der Waals surface area contributed by atoms with Crippen LogP contribution in [-0.2, 0) is 11.3 Å². The van der Waals surface area contributed by atoms with Gasteiger partial charge in [0.2, 0.25) is 5.91 Å². The van der Waals surface area contributed by atoms with Gasteiger partial charge in [-0.05, 0) is 42.8 Å². The van der Waals surface area contributed by atoms with Gasteiger partial charge in [-0.15, -0.1) is 0 Å². The second-order valence-electron chi connectivity index (χ2n) is 4.87. The van der Waals surface area contributed by atoms with Crippen LogP contribution in [0.4, 0.5) is 5.69 Å². The van der Waals surface area contributed by atoms with Crippen LogP contribution in [0.3, 0.4) is 0 Å². The molecule has 0 spiro atoms. The topological polar surface area (TPSA) is 64.9 Å². The molecule has 0 bridgehead atoms. The molecule has 2 rings (SSSR count). The smallest absolute Gasteiger partial charge is 0.241 e. The van der Waals surface area contributed by atoms with Crippen LogP contribution in [0.5, 0.6) is 0 Å². The summed E-state index contributed by atoms with van der Waals surface area (Å²) < 4.78 is 0. The SMILES string of the molecule is C[C@H](NCc1ccccc1Cl)C(=O)Nc1ccc(C#N)cc1. The van der Waals surface area contributed by atoms with Crippen LogP contribution < -0.4 is 10.6 Å². The Labute approximate surface area is 134 Å². The lowest BCUT2D eigenvalue weighted by Gasteiger charge is -2.14. The Morgan fingerprint density at radius 3 is 2.55 bits per heavy atom. The van der Waals surface area contributed by atoms with E-state index in [1.807, 2.05) is 30.3 Å². The van der Waals surface area contributed by atoms with Gasteiger partial charge in [-0.25, -0.2) is 0 Å². The van der Waals surface area contributed by atoms with Crippen molar-refractivity contribution >= 4 is 23.2 Å². The molecule has 112 valence electrons. The van der Waals surface area contributed by atoms with Crippen molar-refractivity contribution in [1.82, 2.24) is 5.32 Å². The Morgan fingerprint density at radius 1 is 1.23 bits per heavy atom. The summed E-state index contributed by atoms with van der Waals surface area (Å²) in [6.07, 6.45) is 0. The molecular formula is C17H16ClN3O. The molecule has 0 aliphatic carbocycles. The highest BCUT2D eigenvalue weighted by molar-refractivity contribution is 6.31. The fourth-order valence-corrected chi connectivity index (χ4v) is 2.08. The predicted octanol–water partition coefficient (Wildman–Crippen LogP) is 3.33. The van der Waals surface area contributed by atoms with Crippen LogP contribution in [0.1, 0.15) is 18.1 Å². The third-order valence-corrected chi connectivity index (χ3v) is 3.60. The molecule has 1 amide bonds. The Bertz CT molecular complexity index is 692. The fourth-order valence-electron chi connectivity index (χ4n) is 1.88. The zero-order valence-electron chi connectivity index (χ0n) is 12.1. The molecule has 0 fully saturated rings. The minimum absolute atomic E-state index is 0.142. The van der Waals surface area contributed by atoms with Crippen LogP contribution in [0.2, 0.25) is 5.02 Å². The average Bonchev–Trinajstić information content (AvgIpc) is 2.54. The number of carbonyl (C=O) groups excluding carboxylic acids is 1. The van der Waals surface area contributed by atoms with Crippen LogP contribution in [0, 0.1) is 11.3 Å². The molecule has 5 heteroatoms. The maximum atomic E-state index is 12.1. The van der Waals surface area contributed by atoms with E-state index < -0.39 is 0 Å². The van der Waals surface area contributed by atoms with Crippen molar-refractivity contribution < 1.29 is 4.79 Å². The van der Waals surface area contributed by atoms with Gasteiger partial charge in [-0.1, -0.05) is 29.8 Å². The number of hydrogen-bond acceptors (Lipinski definition) is 3. The largest absolute Gasteiger partial charge is 0.325 e.